The summed E-state index contributed by atoms with van der Waals surface area (Å²) in [5, 5.41) is 2.16. The van der Waals surface area contributed by atoms with Crippen molar-refractivity contribution >= 4 is 11.3 Å². The van der Waals surface area contributed by atoms with Gasteiger partial charge in [-0.05, 0) is 50.6 Å². The molecule has 0 spiro atoms. The van der Waals surface area contributed by atoms with Crippen molar-refractivity contribution in [3.63, 3.8) is 0 Å². The van der Waals surface area contributed by atoms with Crippen molar-refractivity contribution in [3.05, 3.63) is 22.4 Å². The predicted octanol–water partition coefficient (Wildman–Crippen LogP) is 2.74. The largest absolute Gasteiger partial charge is 0.329 e. The molecule has 1 aromatic rings. The average Bonchev–Trinajstić information content (AvgIpc) is 2.74. The second-order valence-corrected chi connectivity index (χ2v) is 6.32. The smallest absolute Gasteiger partial charge is 0.0246 e. The second kappa shape index (κ2) is 5.98. The standard InChI is InChI=1S/C14H24N2S/c1-11(9-13-7-4-8-17-13)16(2)14(10-15)12-5-3-6-12/h4,7-8,11-12,14H,3,5-6,9-10,15H2,1-2H3. The maximum atomic E-state index is 5.96. The van der Waals surface area contributed by atoms with E-state index in [-0.39, 0.29) is 0 Å². The number of nitrogens with zero attached hydrogens (tertiary/aromatic N) is 1. The lowest BCUT2D eigenvalue weighted by Crippen LogP contribution is -2.49. The fourth-order valence-corrected chi connectivity index (χ4v) is 3.53. The Labute approximate surface area is 109 Å². The first kappa shape index (κ1) is 13.1. The van der Waals surface area contributed by atoms with E-state index < -0.39 is 0 Å². The van der Waals surface area contributed by atoms with Gasteiger partial charge in [0.2, 0.25) is 0 Å². The topological polar surface area (TPSA) is 29.3 Å². The van der Waals surface area contributed by atoms with Crippen LogP contribution >= 0.6 is 11.3 Å². The van der Waals surface area contributed by atoms with Gasteiger partial charge in [-0.3, -0.25) is 4.90 Å². The maximum Gasteiger partial charge on any atom is 0.0246 e. The first-order chi connectivity index (χ1) is 8.22. The summed E-state index contributed by atoms with van der Waals surface area (Å²) in [6.45, 7) is 3.12. The van der Waals surface area contributed by atoms with Crippen molar-refractivity contribution in [3.8, 4) is 0 Å². The molecule has 1 fully saturated rings. The molecule has 2 rings (SSSR count). The molecule has 3 heteroatoms. The highest BCUT2D eigenvalue weighted by Gasteiger charge is 2.30. The lowest BCUT2D eigenvalue weighted by atomic mass is 9.79. The summed E-state index contributed by atoms with van der Waals surface area (Å²) in [6, 6.07) is 5.54. The van der Waals surface area contributed by atoms with Crippen molar-refractivity contribution in [2.45, 2.75) is 44.7 Å². The van der Waals surface area contributed by atoms with E-state index in [2.05, 4.69) is 36.4 Å². The molecule has 17 heavy (non-hydrogen) atoms. The molecule has 96 valence electrons. The van der Waals surface area contributed by atoms with Gasteiger partial charge >= 0.3 is 0 Å². The Bertz CT molecular complexity index is 319. The van der Waals surface area contributed by atoms with E-state index in [0.717, 1.165) is 18.9 Å². The van der Waals surface area contributed by atoms with Crippen molar-refractivity contribution in [2.75, 3.05) is 13.6 Å². The van der Waals surface area contributed by atoms with Crippen molar-refractivity contribution in [2.24, 2.45) is 11.7 Å². The zero-order chi connectivity index (χ0) is 12.3. The summed E-state index contributed by atoms with van der Waals surface area (Å²) in [6.07, 6.45) is 5.29. The fraction of sp³-hybridized carbons (Fsp3) is 0.714. The predicted molar refractivity (Wildman–Crippen MR) is 75.4 cm³/mol. The van der Waals surface area contributed by atoms with Gasteiger partial charge in [0.25, 0.3) is 0 Å². The zero-order valence-electron chi connectivity index (χ0n) is 10.9. The van der Waals surface area contributed by atoms with E-state index in [9.17, 15) is 0 Å². The molecule has 0 aliphatic heterocycles. The first-order valence-corrected chi connectivity index (χ1v) is 7.54. The quantitative estimate of drug-likeness (QED) is 0.843. The Hall–Kier alpha value is -0.380. The van der Waals surface area contributed by atoms with Gasteiger partial charge in [-0.15, -0.1) is 11.3 Å². The monoisotopic (exact) mass is 252 g/mol. The first-order valence-electron chi connectivity index (χ1n) is 6.66. The summed E-state index contributed by atoms with van der Waals surface area (Å²) in [5.74, 6) is 0.843. The van der Waals surface area contributed by atoms with Crippen LogP contribution in [0.15, 0.2) is 17.5 Å². The Kier molecular flexibility index (Phi) is 4.60. The second-order valence-electron chi connectivity index (χ2n) is 5.29. The van der Waals surface area contributed by atoms with E-state index in [1.807, 2.05) is 11.3 Å². The van der Waals surface area contributed by atoms with Crippen LogP contribution in [-0.4, -0.2) is 30.6 Å². The third-order valence-electron chi connectivity index (χ3n) is 4.23. The number of rotatable bonds is 6. The van der Waals surface area contributed by atoms with Crippen LogP contribution in [0.25, 0.3) is 0 Å². The van der Waals surface area contributed by atoms with Gasteiger partial charge in [0.1, 0.15) is 0 Å². The highest BCUT2D eigenvalue weighted by molar-refractivity contribution is 7.09. The molecule has 1 aliphatic rings. The molecule has 1 aliphatic carbocycles. The molecule has 2 nitrogen and oxygen atoms in total. The van der Waals surface area contributed by atoms with Crippen LogP contribution in [0, 0.1) is 5.92 Å². The van der Waals surface area contributed by atoms with E-state index in [0.29, 0.717) is 12.1 Å². The Morgan fingerprint density at radius 1 is 1.53 bits per heavy atom. The number of thiophene rings is 1. The van der Waals surface area contributed by atoms with Crippen LogP contribution in [0.4, 0.5) is 0 Å². The van der Waals surface area contributed by atoms with Crippen molar-refractivity contribution in [1.82, 2.24) is 4.90 Å². The van der Waals surface area contributed by atoms with Crippen molar-refractivity contribution in [1.29, 1.82) is 0 Å². The SMILES string of the molecule is CC(Cc1cccs1)N(C)C(CN)C1CCC1. The van der Waals surface area contributed by atoms with E-state index in [4.69, 9.17) is 5.73 Å². The van der Waals surface area contributed by atoms with Gasteiger partial charge in [-0.2, -0.15) is 0 Å². The van der Waals surface area contributed by atoms with Gasteiger partial charge in [0, 0.05) is 23.5 Å². The lowest BCUT2D eigenvalue weighted by Gasteiger charge is -2.41. The molecule has 0 aromatic carbocycles. The van der Waals surface area contributed by atoms with Gasteiger partial charge < -0.3 is 5.73 Å². The minimum atomic E-state index is 0.582. The number of nitrogens with two attached hydrogens (primary N) is 1. The Morgan fingerprint density at radius 2 is 2.29 bits per heavy atom. The molecule has 0 bridgehead atoms. The van der Waals surface area contributed by atoms with Crippen LogP contribution in [0.5, 0.6) is 0 Å². The summed E-state index contributed by atoms with van der Waals surface area (Å²) < 4.78 is 0. The zero-order valence-corrected chi connectivity index (χ0v) is 11.7. The molecule has 1 saturated carbocycles. The third-order valence-corrected chi connectivity index (χ3v) is 5.13. The molecular formula is C14H24N2S. The molecule has 0 saturated heterocycles. The van der Waals surface area contributed by atoms with Crippen LogP contribution in [0.1, 0.15) is 31.1 Å². The van der Waals surface area contributed by atoms with Gasteiger partial charge in [-0.1, -0.05) is 12.5 Å². The average molecular weight is 252 g/mol. The number of likely N-dealkylation sites (N-methyl/N-ethyl adjacent to an activating group) is 1. The normalized spacial score (nSPS) is 20.2. The molecule has 1 aromatic heterocycles. The summed E-state index contributed by atoms with van der Waals surface area (Å²) in [7, 11) is 2.24. The highest BCUT2D eigenvalue weighted by Crippen LogP contribution is 2.32. The minimum absolute atomic E-state index is 0.582. The van der Waals surface area contributed by atoms with Crippen molar-refractivity contribution < 1.29 is 0 Å². The number of hydrogen-bond acceptors (Lipinski definition) is 3. The van der Waals surface area contributed by atoms with E-state index in [1.165, 1.54) is 24.1 Å². The summed E-state index contributed by atoms with van der Waals surface area (Å²) in [4.78, 5) is 3.98. The fourth-order valence-electron chi connectivity index (χ4n) is 2.71. The van der Waals surface area contributed by atoms with Crippen LogP contribution in [-0.2, 0) is 6.42 Å². The summed E-state index contributed by atoms with van der Waals surface area (Å²) >= 11 is 1.86. The molecular weight excluding hydrogens is 228 g/mol. The van der Waals surface area contributed by atoms with E-state index in [1.54, 1.807) is 0 Å². The molecule has 2 atom stereocenters. The lowest BCUT2D eigenvalue weighted by molar-refractivity contribution is 0.0935. The molecule has 2 N–H and O–H groups in total. The van der Waals surface area contributed by atoms with Crippen LogP contribution in [0.3, 0.4) is 0 Å². The molecule has 2 unspecified atom stereocenters. The van der Waals surface area contributed by atoms with Gasteiger partial charge in [-0.25, -0.2) is 0 Å². The number of hydrogen-bond donors (Lipinski definition) is 1. The Balaban J connectivity index is 1.90. The maximum absolute atomic E-state index is 5.96. The van der Waals surface area contributed by atoms with Gasteiger partial charge in [0.15, 0.2) is 0 Å². The van der Waals surface area contributed by atoms with E-state index >= 15 is 0 Å². The van der Waals surface area contributed by atoms with Crippen LogP contribution in [0.2, 0.25) is 0 Å². The summed E-state index contributed by atoms with van der Waals surface area (Å²) in [5.41, 5.74) is 5.96. The third kappa shape index (κ3) is 3.09. The highest BCUT2D eigenvalue weighted by atomic mass is 32.1. The van der Waals surface area contributed by atoms with Gasteiger partial charge in [0.05, 0.1) is 0 Å². The minimum Gasteiger partial charge on any atom is -0.329 e. The molecule has 0 amide bonds. The Morgan fingerprint density at radius 3 is 2.76 bits per heavy atom. The molecule has 1 heterocycles. The van der Waals surface area contributed by atoms with Crippen LogP contribution < -0.4 is 5.73 Å². The molecule has 0 radical (unpaired) electrons.